The molecule has 29 heavy (non-hydrogen) atoms. The second-order valence-electron chi connectivity index (χ2n) is 6.61. The molecule has 1 saturated heterocycles. The molecule has 0 aliphatic carbocycles. The second kappa shape index (κ2) is 8.03. The molecule has 0 amide bonds. The number of thiocarbonyl (C=S) groups is 1. The summed E-state index contributed by atoms with van der Waals surface area (Å²) < 4.78 is 2.01. The van der Waals surface area contributed by atoms with Gasteiger partial charge in [-0.05, 0) is 38.6 Å². The van der Waals surface area contributed by atoms with Gasteiger partial charge in [-0.2, -0.15) is 0 Å². The van der Waals surface area contributed by atoms with Gasteiger partial charge in [0.25, 0.3) is 0 Å². The van der Waals surface area contributed by atoms with E-state index < -0.39 is 0 Å². The van der Waals surface area contributed by atoms with Crippen LogP contribution in [-0.2, 0) is 11.4 Å². The molecular weight excluding hydrogens is 386 g/mol. The van der Waals surface area contributed by atoms with E-state index in [4.69, 9.17) is 22.8 Å². The van der Waals surface area contributed by atoms with Crippen LogP contribution >= 0.6 is 12.2 Å². The van der Waals surface area contributed by atoms with Crippen molar-refractivity contribution in [3.8, 4) is 11.8 Å². The van der Waals surface area contributed by atoms with Crippen molar-refractivity contribution < 1.29 is 4.84 Å². The summed E-state index contributed by atoms with van der Waals surface area (Å²) in [6.07, 6.45) is 6.12. The molecular formula is C20H21N7OS. The van der Waals surface area contributed by atoms with E-state index in [1.54, 1.807) is 11.3 Å². The van der Waals surface area contributed by atoms with E-state index in [1.165, 1.54) is 6.33 Å². The minimum absolute atomic E-state index is 0.424. The van der Waals surface area contributed by atoms with E-state index in [0.717, 1.165) is 53.1 Å². The van der Waals surface area contributed by atoms with Crippen LogP contribution in [0.3, 0.4) is 0 Å². The molecule has 148 valence electrons. The molecule has 1 fully saturated rings. The van der Waals surface area contributed by atoms with Crippen molar-refractivity contribution in [1.82, 2.24) is 24.6 Å². The van der Waals surface area contributed by atoms with Gasteiger partial charge in [-0.25, -0.2) is 15.0 Å². The van der Waals surface area contributed by atoms with E-state index in [-0.39, 0.29) is 0 Å². The van der Waals surface area contributed by atoms with Gasteiger partial charge >= 0.3 is 0 Å². The van der Waals surface area contributed by atoms with Crippen LogP contribution in [0.25, 0.3) is 11.0 Å². The van der Waals surface area contributed by atoms with Crippen LogP contribution in [-0.4, -0.2) is 42.8 Å². The number of nitrogens with one attached hydrogen (secondary N) is 1. The number of fused-ring (bicyclic) bond motifs is 1. The number of rotatable bonds is 2. The van der Waals surface area contributed by atoms with Gasteiger partial charge in [0.05, 0.1) is 41.7 Å². The summed E-state index contributed by atoms with van der Waals surface area (Å²) >= 11 is 5.39. The number of nitrogen functional groups attached to an aromatic ring is 1. The van der Waals surface area contributed by atoms with Crippen molar-refractivity contribution >= 4 is 39.9 Å². The van der Waals surface area contributed by atoms with Crippen LogP contribution in [0.5, 0.6) is 0 Å². The van der Waals surface area contributed by atoms with Gasteiger partial charge in [0.2, 0.25) is 0 Å². The zero-order valence-corrected chi connectivity index (χ0v) is 17.1. The number of pyridine rings is 1. The highest BCUT2D eigenvalue weighted by atomic mass is 32.1. The summed E-state index contributed by atoms with van der Waals surface area (Å²) in [4.78, 5) is 18.3. The van der Waals surface area contributed by atoms with Crippen molar-refractivity contribution in [2.45, 2.75) is 26.8 Å². The predicted molar refractivity (Wildman–Crippen MR) is 116 cm³/mol. The maximum atomic E-state index is 6.08. The van der Waals surface area contributed by atoms with Crippen molar-refractivity contribution in [1.29, 1.82) is 0 Å². The molecule has 4 rings (SSSR count). The van der Waals surface area contributed by atoms with Gasteiger partial charge in [-0.1, -0.05) is 11.8 Å². The monoisotopic (exact) mass is 407 g/mol. The smallest absolute Gasteiger partial charge is 0.197 e. The van der Waals surface area contributed by atoms with Gasteiger partial charge in [0.15, 0.2) is 5.11 Å². The topological polar surface area (TPSA) is 94.1 Å². The molecule has 9 heteroatoms. The molecule has 0 spiro atoms. The fourth-order valence-corrected chi connectivity index (χ4v) is 3.40. The molecule has 1 aliphatic heterocycles. The zero-order valence-electron chi connectivity index (χ0n) is 16.3. The quantitative estimate of drug-likeness (QED) is 0.494. The molecule has 3 N–H and O–H groups in total. The van der Waals surface area contributed by atoms with Crippen LogP contribution in [0.2, 0.25) is 0 Å². The first kappa shape index (κ1) is 19.1. The highest BCUT2D eigenvalue weighted by molar-refractivity contribution is 7.80. The van der Waals surface area contributed by atoms with E-state index in [0.29, 0.717) is 17.5 Å². The van der Waals surface area contributed by atoms with Crippen molar-refractivity contribution in [2.24, 2.45) is 0 Å². The zero-order chi connectivity index (χ0) is 20.4. The lowest BCUT2D eigenvalue weighted by molar-refractivity contribution is -0.0414. The molecule has 0 atom stereocenters. The van der Waals surface area contributed by atoms with E-state index in [9.17, 15) is 0 Å². The number of nitrogens with two attached hydrogens (primary N) is 1. The third-order valence-electron chi connectivity index (χ3n) is 4.67. The Hall–Kier alpha value is -3.22. The Kier molecular flexibility index (Phi) is 5.29. The van der Waals surface area contributed by atoms with Gasteiger partial charge in [0.1, 0.15) is 17.8 Å². The van der Waals surface area contributed by atoms with Crippen LogP contribution in [0.1, 0.15) is 30.2 Å². The molecule has 0 aromatic carbocycles. The fourth-order valence-electron chi connectivity index (χ4n) is 3.14. The molecule has 1 aliphatic rings. The van der Waals surface area contributed by atoms with Gasteiger partial charge in [-0.15, -0.1) is 0 Å². The average Bonchev–Trinajstić information content (AvgIpc) is 3.37. The van der Waals surface area contributed by atoms with Gasteiger partial charge < -0.3 is 15.6 Å². The fraction of sp³-hybridized carbons (Fsp3) is 0.300. The lowest BCUT2D eigenvalue weighted by atomic mass is 10.1. The van der Waals surface area contributed by atoms with Crippen molar-refractivity contribution in [2.75, 3.05) is 24.2 Å². The Bertz CT molecular complexity index is 1140. The summed E-state index contributed by atoms with van der Waals surface area (Å²) in [5, 5.41) is 6.13. The Labute approximate surface area is 174 Å². The molecule has 0 radical (unpaired) electrons. The average molecular weight is 408 g/mol. The summed E-state index contributed by atoms with van der Waals surface area (Å²) in [6, 6.07) is 1.93. The first-order valence-electron chi connectivity index (χ1n) is 9.36. The van der Waals surface area contributed by atoms with Crippen molar-refractivity contribution in [3.05, 3.63) is 41.6 Å². The summed E-state index contributed by atoms with van der Waals surface area (Å²) in [5.41, 5.74) is 10.0. The Morgan fingerprint density at radius 2 is 2.14 bits per heavy atom. The Morgan fingerprint density at radius 1 is 1.31 bits per heavy atom. The first-order valence-corrected chi connectivity index (χ1v) is 9.77. The van der Waals surface area contributed by atoms with Crippen LogP contribution in [0, 0.1) is 18.8 Å². The van der Waals surface area contributed by atoms with Crippen molar-refractivity contribution in [3.63, 3.8) is 0 Å². The molecule has 0 unspecified atom stereocenters. The molecule has 8 nitrogen and oxygen atoms in total. The normalized spacial score (nSPS) is 13.4. The molecule has 4 heterocycles. The first-order chi connectivity index (χ1) is 14.1. The Balaban J connectivity index is 1.65. The van der Waals surface area contributed by atoms with Gasteiger partial charge in [0, 0.05) is 18.3 Å². The van der Waals surface area contributed by atoms with Crippen LogP contribution in [0.15, 0.2) is 24.8 Å². The molecule has 3 aromatic heterocycles. The lowest BCUT2D eigenvalue weighted by Gasteiger charge is -2.18. The summed E-state index contributed by atoms with van der Waals surface area (Å²) in [7, 11) is 0. The van der Waals surface area contributed by atoms with Gasteiger partial charge in [-0.3, -0.25) is 9.82 Å². The minimum Gasteiger partial charge on any atom is -0.383 e. The van der Waals surface area contributed by atoms with Crippen LogP contribution in [0.4, 0.5) is 11.5 Å². The SMILES string of the molecule is CCn1cc(C#Cc2cc(NC(=S)N3CCCO3)cnc2C)c2c(N)ncnc21. The standard InChI is InChI=1S/C20H21N7OS/c1-3-26-11-15(17-18(21)23-12-24-19(17)26)6-5-14-9-16(10-22-13(14)2)25-20(29)27-7-4-8-28-27/h9-12H,3-4,7-8H2,1-2H3,(H,25,29)(H2,21,23,24). The molecule has 0 saturated carbocycles. The summed E-state index contributed by atoms with van der Waals surface area (Å²) in [6.45, 7) is 6.20. The highest BCUT2D eigenvalue weighted by Gasteiger charge is 2.16. The number of nitrogens with zero attached hydrogens (tertiary/aromatic N) is 5. The lowest BCUT2D eigenvalue weighted by Crippen LogP contribution is -2.31. The third kappa shape index (κ3) is 3.85. The highest BCUT2D eigenvalue weighted by Crippen LogP contribution is 2.23. The predicted octanol–water partition coefficient (Wildman–Crippen LogP) is 2.47. The Morgan fingerprint density at radius 3 is 2.90 bits per heavy atom. The number of hydrogen-bond donors (Lipinski definition) is 2. The maximum Gasteiger partial charge on any atom is 0.197 e. The number of anilines is 2. The summed E-state index contributed by atoms with van der Waals surface area (Å²) in [5.74, 6) is 6.84. The third-order valence-corrected chi connectivity index (χ3v) is 4.98. The largest absolute Gasteiger partial charge is 0.383 e. The van der Waals surface area contributed by atoms with E-state index in [1.807, 2.05) is 30.7 Å². The van der Waals surface area contributed by atoms with Crippen LogP contribution < -0.4 is 11.1 Å². The van der Waals surface area contributed by atoms with E-state index in [2.05, 4.69) is 32.1 Å². The van der Waals surface area contributed by atoms with E-state index >= 15 is 0 Å². The molecule has 0 bridgehead atoms. The second-order valence-corrected chi connectivity index (χ2v) is 7.00. The maximum absolute atomic E-state index is 6.08. The number of hydrogen-bond acceptors (Lipinski definition) is 6. The number of aromatic nitrogens is 4. The minimum atomic E-state index is 0.424. The molecule has 3 aromatic rings. The number of hydroxylamine groups is 2. The number of aryl methyl sites for hydroxylation is 2.